The molecule has 7 heteroatoms. The van der Waals surface area contributed by atoms with Gasteiger partial charge in [-0.15, -0.1) is 0 Å². The van der Waals surface area contributed by atoms with Crippen molar-refractivity contribution in [1.29, 1.82) is 0 Å². The Labute approximate surface area is 164 Å². The van der Waals surface area contributed by atoms with Gasteiger partial charge in [-0.05, 0) is 57.3 Å². The Morgan fingerprint density at radius 2 is 1.96 bits per heavy atom. The van der Waals surface area contributed by atoms with Gasteiger partial charge >= 0.3 is 5.97 Å². The van der Waals surface area contributed by atoms with E-state index in [0.29, 0.717) is 18.9 Å². The third kappa shape index (κ3) is 5.30. The lowest BCUT2D eigenvalue weighted by atomic mass is 9.87. The van der Waals surface area contributed by atoms with Gasteiger partial charge in [0.25, 0.3) is 8.53 Å². The van der Waals surface area contributed by atoms with Crippen molar-refractivity contribution in [3.8, 4) is 0 Å². The van der Waals surface area contributed by atoms with Gasteiger partial charge in [0.15, 0.2) is 0 Å². The molecule has 4 unspecified atom stereocenters. The second-order valence-corrected chi connectivity index (χ2v) is 9.60. The summed E-state index contributed by atoms with van der Waals surface area (Å²) in [5.41, 5.74) is -0.820. The zero-order chi connectivity index (χ0) is 19.4. The number of carbonyl (C=O) groups excluding carboxylic acids is 1. The number of esters is 1. The number of nitrogens with one attached hydrogen (secondary N) is 1. The van der Waals surface area contributed by atoms with Crippen LogP contribution in [0.1, 0.15) is 59.3 Å². The van der Waals surface area contributed by atoms with E-state index >= 15 is 0 Å². The highest BCUT2D eigenvalue weighted by Crippen LogP contribution is 2.45. The Morgan fingerprint density at radius 1 is 1.26 bits per heavy atom. The molecular weight excluding hydrogens is 365 g/mol. The predicted octanol–water partition coefficient (Wildman–Crippen LogP) is 4.10. The summed E-state index contributed by atoms with van der Waals surface area (Å²) in [5.74, 6) is 1.01. The fraction of sp³-hybridized carbons (Fsp3) is 0.850. The molecule has 2 aliphatic carbocycles. The monoisotopic (exact) mass is 399 g/mol. The molecule has 0 aromatic heterocycles. The molecule has 1 N–H and O–H groups in total. The molecule has 0 aromatic carbocycles. The van der Waals surface area contributed by atoms with Crippen LogP contribution in [0.2, 0.25) is 0 Å². The van der Waals surface area contributed by atoms with Crippen LogP contribution in [-0.4, -0.2) is 43.5 Å². The number of methoxy groups -OCH3 is 1. The third-order valence-corrected chi connectivity index (χ3v) is 7.57. The largest absolute Gasteiger partial charge is 0.467 e. The van der Waals surface area contributed by atoms with Crippen LogP contribution in [0.25, 0.3) is 0 Å². The van der Waals surface area contributed by atoms with E-state index in [2.05, 4.69) is 25.9 Å². The summed E-state index contributed by atoms with van der Waals surface area (Å²) in [5, 5.41) is 3.33. The number of ether oxygens (including phenoxy) is 2. The zero-order valence-electron chi connectivity index (χ0n) is 17.0. The van der Waals surface area contributed by atoms with Crippen molar-refractivity contribution in [2.24, 2.45) is 11.8 Å². The highest BCUT2D eigenvalue weighted by Gasteiger charge is 2.44. The van der Waals surface area contributed by atoms with Crippen LogP contribution in [0.5, 0.6) is 0 Å². The molecule has 27 heavy (non-hydrogen) atoms. The van der Waals surface area contributed by atoms with Gasteiger partial charge in [0.2, 0.25) is 0 Å². The summed E-state index contributed by atoms with van der Waals surface area (Å²) in [7, 11) is 0.0109. The summed E-state index contributed by atoms with van der Waals surface area (Å²) < 4.78 is 23.4. The van der Waals surface area contributed by atoms with Gasteiger partial charge < -0.3 is 18.5 Å². The maximum absolute atomic E-state index is 12.3. The van der Waals surface area contributed by atoms with Crippen molar-refractivity contribution in [3.63, 3.8) is 0 Å². The maximum atomic E-state index is 12.3. The smallest absolute Gasteiger partial charge is 0.330 e. The van der Waals surface area contributed by atoms with Crippen LogP contribution < -0.4 is 5.09 Å². The van der Waals surface area contributed by atoms with Crippen molar-refractivity contribution in [2.45, 2.75) is 83.1 Å². The third-order valence-electron chi connectivity index (χ3n) is 6.11. The average molecular weight is 399 g/mol. The van der Waals surface area contributed by atoms with E-state index in [0.717, 1.165) is 25.2 Å². The summed E-state index contributed by atoms with van der Waals surface area (Å²) in [6.45, 7) is 7.09. The van der Waals surface area contributed by atoms with Crippen LogP contribution in [0.15, 0.2) is 12.2 Å². The highest BCUT2D eigenvalue weighted by atomic mass is 31.2. The van der Waals surface area contributed by atoms with Gasteiger partial charge in [0.1, 0.15) is 5.54 Å². The van der Waals surface area contributed by atoms with E-state index in [1.165, 1.54) is 20.0 Å². The lowest BCUT2D eigenvalue weighted by Gasteiger charge is -2.37. The molecule has 0 bridgehead atoms. The lowest BCUT2D eigenvalue weighted by Crippen LogP contribution is -2.52. The zero-order valence-corrected chi connectivity index (χ0v) is 17.9. The molecule has 1 heterocycles. The SMILES string of the molecule is COC(=O)[C@]1(NP(OCC2CC(C)C(C)O2)OC2CCC(C)CC2)C=CC1. The second-order valence-electron chi connectivity index (χ2n) is 8.40. The highest BCUT2D eigenvalue weighted by molar-refractivity contribution is 7.45. The molecule has 1 aliphatic heterocycles. The first-order valence-electron chi connectivity index (χ1n) is 10.2. The van der Waals surface area contributed by atoms with E-state index in [4.69, 9.17) is 18.5 Å². The summed E-state index contributed by atoms with van der Waals surface area (Å²) >= 11 is 0. The lowest BCUT2D eigenvalue weighted by molar-refractivity contribution is -0.146. The molecule has 1 saturated carbocycles. The van der Waals surface area contributed by atoms with Gasteiger partial charge in [-0.2, -0.15) is 0 Å². The van der Waals surface area contributed by atoms with E-state index in [1.54, 1.807) is 0 Å². The van der Waals surface area contributed by atoms with Gasteiger partial charge in [-0.25, -0.2) is 9.88 Å². The number of hydrogen-bond donors (Lipinski definition) is 1. The Balaban J connectivity index is 1.59. The van der Waals surface area contributed by atoms with E-state index in [9.17, 15) is 4.79 Å². The maximum Gasteiger partial charge on any atom is 0.330 e. The van der Waals surface area contributed by atoms with Crippen LogP contribution >= 0.6 is 8.53 Å². The first kappa shape index (κ1) is 21.2. The summed E-state index contributed by atoms with van der Waals surface area (Å²) in [6.07, 6.45) is 10.4. The summed E-state index contributed by atoms with van der Waals surface area (Å²) in [4.78, 5) is 12.3. The molecule has 154 valence electrons. The average Bonchev–Trinajstić information content (AvgIpc) is 2.95. The first-order valence-corrected chi connectivity index (χ1v) is 11.4. The van der Waals surface area contributed by atoms with Crippen molar-refractivity contribution >= 4 is 14.5 Å². The fourth-order valence-corrected chi connectivity index (χ4v) is 5.44. The van der Waals surface area contributed by atoms with Crippen LogP contribution in [0.4, 0.5) is 0 Å². The van der Waals surface area contributed by atoms with Gasteiger partial charge in [0, 0.05) is 0 Å². The van der Waals surface area contributed by atoms with E-state index in [-0.39, 0.29) is 24.3 Å². The molecule has 3 rings (SSSR count). The standard InChI is InChI=1S/C20H34NO5P/c1-14-6-8-17(9-7-14)26-27(21-20(10-5-11-20)19(22)23-4)24-13-18-12-15(2)16(3)25-18/h5,10,14-18,21H,6-9,11-13H2,1-4H3/t14?,15?,16?,17?,18?,20-,27?/m0/s1. The van der Waals surface area contributed by atoms with E-state index in [1.807, 2.05) is 12.2 Å². The number of rotatable bonds is 8. The molecule has 2 fully saturated rings. The van der Waals surface area contributed by atoms with Crippen molar-refractivity contribution in [1.82, 2.24) is 5.09 Å². The predicted molar refractivity (Wildman–Crippen MR) is 105 cm³/mol. The fourth-order valence-electron chi connectivity index (χ4n) is 3.90. The molecule has 0 spiro atoms. The molecule has 1 saturated heterocycles. The van der Waals surface area contributed by atoms with Crippen LogP contribution in [-0.2, 0) is 23.3 Å². The van der Waals surface area contributed by atoms with Crippen LogP contribution in [0.3, 0.4) is 0 Å². The summed E-state index contributed by atoms with van der Waals surface area (Å²) in [6, 6.07) is 0. The van der Waals surface area contributed by atoms with Gasteiger partial charge in [0.05, 0.1) is 32.0 Å². The topological polar surface area (TPSA) is 66.0 Å². The molecular formula is C20H34NO5P. The Bertz CT molecular complexity index is 526. The normalized spacial score (nSPS) is 39.8. The second kappa shape index (κ2) is 9.32. The Morgan fingerprint density at radius 3 is 2.48 bits per heavy atom. The number of hydrogen-bond acceptors (Lipinski definition) is 6. The quantitative estimate of drug-likeness (QED) is 0.377. The van der Waals surface area contributed by atoms with Crippen molar-refractivity contribution in [2.75, 3.05) is 13.7 Å². The molecule has 0 aromatic rings. The molecule has 0 amide bonds. The Kier molecular flexibility index (Phi) is 7.32. The van der Waals surface area contributed by atoms with Gasteiger partial charge in [-0.3, -0.25) is 0 Å². The minimum absolute atomic E-state index is 0.0859. The van der Waals surface area contributed by atoms with Crippen molar-refractivity contribution in [3.05, 3.63) is 12.2 Å². The molecule has 0 radical (unpaired) electrons. The minimum atomic E-state index is -1.41. The van der Waals surface area contributed by atoms with E-state index < -0.39 is 14.1 Å². The molecule has 6 nitrogen and oxygen atoms in total. The molecule has 5 atom stereocenters. The van der Waals surface area contributed by atoms with Gasteiger partial charge in [-0.1, -0.05) is 26.0 Å². The minimum Gasteiger partial charge on any atom is -0.467 e. The Hall–Kier alpha value is -0.520. The first-order chi connectivity index (χ1) is 12.9. The van der Waals surface area contributed by atoms with Crippen LogP contribution in [0, 0.1) is 11.8 Å². The molecule has 3 aliphatic rings. The van der Waals surface area contributed by atoms with Crippen molar-refractivity contribution < 1.29 is 23.3 Å². The number of carbonyl (C=O) groups is 1.